The molecule has 0 amide bonds. The Balaban J connectivity index is 2.05. The van der Waals surface area contributed by atoms with E-state index in [0.29, 0.717) is 11.5 Å². The number of aliphatic carboxylic acids is 2. The molecule has 0 radical (unpaired) electrons. The van der Waals surface area contributed by atoms with Crippen molar-refractivity contribution >= 4 is 11.9 Å². The number of rotatable bonds is 2. The molecule has 0 fully saturated rings. The average molecular weight is 264 g/mol. The van der Waals surface area contributed by atoms with Gasteiger partial charge in [0.05, 0.1) is 11.8 Å². The predicted octanol–water partition coefficient (Wildman–Crippen LogP) is 0.916. The van der Waals surface area contributed by atoms with Crippen molar-refractivity contribution in [1.82, 2.24) is 0 Å². The van der Waals surface area contributed by atoms with Crippen molar-refractivity contribution in [2.75, 3.05) is 6.79 Å². The van der Waals surface area contributed by atoms with Gasteiger partial charge >= 0.3 is 11.9 Å². The number of carbonyl (C=O) groups is 2. The zero-order valence-corrected chi connectivity index (χ0v) is 9.96. The van der Waals surface area contributed by atoms with Crippen molar-refractivity contribution in [3.05, 3.63) is 23.3 Å². The fourth-order valence-electron chi connectivity index (χ4n) is 2.75. The molecule has 0 aromatic heterocycles. The molecular formula is C13H12O6. The van der Waals surface area contributed by atoms with Crippen molar-refractivity contribution in [2.45, 2.75) is 12.8 Å². The van der Waals surface area contributed by atoms with Gasteiger partial charge in [-0.05, 0) is 24.5 Å². The third kappa shape index (κ3) is 1.80. The van der Waals surface area contributed by atoms with Gasteiger partial charge in [-0.3, -0.25) is 9.59 Å². The average Bonchev–Trinajstić information content (AvgIpc) is 2.85. The lowest BCUT2D eigenvalue weighted by Gasteiger charge is -2.28. The third-order valence-corrected chi connectivity index (χ3v) is 3.72. The van der Waals surface area contributed by atoms with Crippen LogP contribution in [0.4, 0.5) is 0 Å². The fourth-order valence-corrected chi connectivity index (χ4v) is 2.75. The SMILES string of the molecule is O=C(O)C1Cc2ccc3c(c2CC1C(=O)O)OCO3. The molecule has 0 spiro atoms. The second-order valence-corrected chi connectivity index (χ2v) is 4.73. The predicted molar refractivity (Wildman–Crippen MR) is 62.2 cm³/mol. The highest BCUT2D eigenvalue weighted by molar-refractivity contribution is 5.81. The Morgan fingerprint density at radius 2 is 1.74 bits per heavy atom. The maximum Gasteiger partial charge on any atom is 0.307 e. The van der Waals surface area contributed by atoms with Gasteiger partial charge < -0.3 is 19.7 Å². The van der Waals surface area contributed by atoms with Gasteiger partial charge in [0.2, 0.25) is 6.79 Å². The van der Waals surface area contributed by atoms with Gasteiger partial charge in [-0.1, -0.05) is 6.07 Å². The second kappa shape index (κ2) is 4.15. The third-order valence-electron chi connectivity index (χ3n) is 3.72. The van der Waals surface area contributed by atoms with Crippen LogP contribution in [-0.4, -0.2) is 28.9 Å². The summed E-state index contributed by atoms with van der Waals surface area (Å²) < 4.78 is 10.6. The summed E-state index contributed by atoms with van der Waals surface area (Å²) in [4.78, 5) is 22.4. The molecule has 0 saturated carbocycles. The Morgan fingerprint density at radius 1 is 1.05 bits per heavy atom. The molecule has 3 rings (SSSR count). The number of carboxylic acid groups (broad SMARTS) is 2. The summed E-state index contributed by atoms with van der Waals surface area (Å²) in [5, 5.41) is 18.4. The van der Waals surface area contributed by atoms with E-state index < -0.39 is 23.8 Å². The van der Waals surface area contributed by atoms with E-state index >= 15 is 0 Å². The quantitative estimate of drug-likeness (QED) is 0.824. The molecular weight excluding hydrogens is 252 g/mol. The van der Waals surface area contributed by atoms with Crippen LogP contribution < -0.4 is 9.47 Å². The molecule has 0 bridgehead atoms. The highest BCUT2D eigenvalue weighted by Gasteiger charge is 2.40. The van der Waals surface area contributed by atoms with Gasteiger partial charge in [-0.2, -0.15) is 0 Å². The minimum absolute atomic E-state index is 0.117. The van der Waals surface area contributed by atoms with Gasteiger partial charge in [-0.15, -0.1) is 0 Å². The summed E-state index contributed by atoms with van der Waals surface area (Å²) in [6.45, 7) is 0.117. The Bertz CT molecular complexity index is 564. The Hall–Kier alpha value is -2.24. The van der Waals surface area contributed by atoms with Crippen LogP contribution in [0.5, 0.6) is 11.5 Å². The van der Waals surface area contributed by atoms with Gasteiger partial charge in [-0.25, -0.2) is 0 Å². The topological polar surface area (TPSA) is 93.1 Å². The van der Waals surface area contributed by atoms with Crippen LogP contribution in [0.15, 0.2) is 12.1 Å². The van der Waals surface area contributed by atoms with Gasteiger partial charge in [0.15, 0.2) is 11.5 Å². The van der Waals surface area contributed by atoms with E-state index in [1.165, 1.54) is 0 Å². The van der Waals surface area contributed by atoms with Crippen LogP contribution in [0.3, 0.4) is 0 Å². The lowest BCUT2D eigenvalue weighted by Crippen LogP contribution is -2.36. The first-order valence-electron chi connectivity index (χ1n) is 5.94. The highest BCUT2D eigenvalue weighted by atomic mass is 16.7. The van der Waals surface area contributed by atoms with E-state index in [1.807, 2.05) is 0 Å². The minimum atomic E-state index is -1.09. The van der Waals surface area contributed by atoms with E-state index in [-0.39, 0.29) is 19.6 Å². The molecule has 1 heterocycles. The second-order valence-electron chi connectivity index (χ2n) is 4.73. The standard InChI is InChI=1S/C13H12O6/c14-12(15)8-3-6-1-2-10-11(19-5-18-10)7(6)4-9(8)13(16)17/h1-2,8-9H,3-5H2,(H,14,15)(H,16,17). The summed E-state index contributed by atoms with van der Waals surface area (Å²) in [6, 6.07) is 3.53. The fraction of sp³-hybridized carbons (Fsp3) is 0.385. The molecule has 6 heteroatoms. The van der Waals surface area contributed by atoms with Crippen molar-refractivity contribution in [3.63, 3.8) is 0 Å². The lowest BCUT2D eigenvalue weighted by atomic mass is 9.75. The van der Waals surface area contributed by atoms with Gasteiger partial charge in [0.25, 0.3) is 0 Å². The summed E-state index contributed by atoms with van der Waals surface area (Å²) in [6.07, 6.45) is 0.367. The lowest BCUT2D eigenvalue weighted by molar-refractivity contribution is -0.154. The zero-order chi connectivity index (χ0) is 13.6. The molecule has 2 atom stereocenters. The molecule has 2 unspecified atom stereocenters. The molecule has 19 heavy (non-hydrogen) atoms. The maximum atomic E-state index is 11.2. The molecule has 1 aromatic carbocycles. The first kappa shape index (κ1) is 11.8. The number of fused-ring (bicyclic) bond motifs is 3. The normalized spacial score (nSPS) is 23.8. The molecule has 2 aliphatic rings. The zero-order valence-electron chi connectivity index (χ0n) is 9.96. The first-order chi connectivity index (χ1) is 9.08. The Labute approximate surface area is 108 Å². The molecule has 6 nitrogen and oxygen atoms in total. The van der Waals surface area contributed by atoms with E-state index in [4.69, 9.17) is 14.6 Å². The number of benzene rings is 1. The number of hydrogen-bond acceptors (Lipinski definition) is 4. The summed E-state index contributed by atoms with van der Waals surface area (Å²) in [7, 11) is 0. The maximum absolute atomic E-state index is 11.2. The van der Waals surface area contributed by atoms with Gasteiger partial charge in [0.1, 0.15) is 0 Å². The largest absolute Gasteiger partial charge is 0.481 e. The van der Waals surface area contributed by atoms with Crippen LogP contribution >= 0.6 is 0 Å². The van der Waals surface area contributed by atoms with Crippen molar-refractivity contribution in [2.24, 2.45) is 11.8 Å². The summed E-state index contributed by atoms with van der Waals surface area (Å²) in [5.41, 5.74) is 1.59. The van der Waals surface area contributed by atoms with Crippen molar-refractivity contribution in [3.8, 4) is 11.5 Å². The van der Waals surface area contributed by atoms with Crippen molar-refractivity contribution < 1.29 is 29.3 Å². The molecule has 1 aromatic rings. The van der Waals surface area contributed by atoms with E-state index in [2.05, 4.69) is 0 Å². The van der Waals surface area contributed by atoms with Crippen LogP contribution in [-0.2, 0) is 22.4 Å². The summed E-state index contributed by atoms with van der Waals surface area (Å²) >= 11 is 0. The first-order valence-corrected chi connectivity index (χ1v) is 5.94. The number of hydrogen-bond donors (Lipinski definition) is 2. The van der Waals surface area contributed by atoms with Crippen LogP contribution in [0, 0.1) is 11.8 Å². The number of carboxylic acids is 2. The van der Waals surface area contributed by atoms with E-state index in [0.717, 1.165) is 11.1 Å². The van der Waals surface area contributed by atoms with Gasteiger partial charge in [0, 0.05) is 5.56 Å². The molecule has 0 saturated heterocycles. The van der Waals surface area contributed by atoms with E-state index in [1.54, 1.807) is 12.1 Å². The Kier molecular flexibility index (Phi) is 2.58. The van der Waals surface area contributed by atoms with E-state index in [9.17, 15) is 14.7 Å². The molecule has 100 valence electrons. The smallest absolute Gasteiger partial charge is 0.307 e. The number of ether oxygens (including phenoxy) is 2. The molecule has 1 aliphatic heterocycles. The van der Waals surface area contributed by atoms with Crippen molar-refractivity contribution in [1.29, 1.82) is 0 Å². The van der Waals surface area contributed by atoms with Crippen LogP contribution in [0.1, 0.15) is 11.1 Å². The summed E-state index contributed by atoms with van der Waals surface area (Å²) in [5.74, 6) is -2.83. The van der Waals surface area contributed by atoms with Crippen LogP contribution in [0.25, 0.3) is 0 Å². The monoisotopic (exact) mass is 264 g/mol. The Morgan fingerprint density at radius 3 is 2.42 bits per heavy atom. The van der Waals surface area contributed by atoms with Crippen LogP contribution in [0.2, 0.25) is 0 Å². The molecule has 1 aliphatic carbocycles. The highest BCUT2D eigenvalue weighted by Crippen LogP contribution is 2.43. The molecule has 2 N–H and O–H groups in total. The minimum Gasteiger partial charge on any atom is -0.481 e.